The number of aromatic nitrogens is 1. The molecule has 0 aliphatic carbocycles. The highest BCUT2D eigenvalue weighted by Gasteiger charge is 2.48. The molecule has 1 saturated heterocycles. The van der Waals surface area contributed by atoms with Crippen LogP contribution in [0, 0.1) is 5.41 Å². The second-order valence-electron chi connectivity index (χ2n) is 10.2. The molecule has 43 heavy (non-hydrogen) atoms. The van der Waals surface area contributed by atoms with Gasteiger partial charge in [0.2, 0.25) is 5.91 Å². The standard InChI is InChI=1S/C30H35N7O5S/c31-27(32)37(29(41)42-19-20-9-3-1-4-10-20)16-7-13-22(18-38)35-26(40)30(14-8-15-34-30)24(39)17-23-25(36-28(33)43-23)21-11-5-2-6-12-21/h1-6,9-12,18,22,34H,7-8,13-17,19H2,(H3,31,32)(H2,33,36)(H,35,40)/t22-,30+/m0/s1. The SMILES string of the molecule is N=C(N)N(CCC[C@@H](C=O)NC(=O)[C@]1(C(=O)Cc2sc(N)nc2-c2ccccc2)CCCN1)C(=O)OCc1ccccc1. The summed E-state index contributed by atoms with van der Waals surface area (Å²) in [7, 11) is 0. The van der Waals surface area contributed by atoms with Crippen LogP contribution in [0.3, 0.4) is 0 Å². The zero-order valence-corrected chi connectivity index (χ0v) is 24.4. The van der Waals surface area contributed by atoms with Crippen LogP contribution in [0.2, 0.25) is 0 Å². The van der Waals surface area contributed by atoms with Gasteiger partial charge in [-0.25, -0.2) is 14.7 Å². The molecule has 1 aliphatic rings. The predicted molar refractivity (Wildman–Crippen MR) is 163 cm³/mol. The summed E-state index contributed by atoms with van der Waals surface area (Å²) in [5.41, 5.74) is 12.3. The van der Waals surface area contributed by atoms with Crippen LogP contribution in [-0.4, -0.2) is 64.6 Å². The lowest BCUT2D eigenvalue weighted by Crippen LogP contribution is -2.61. The number of guanidine groups is 1. The monoisotopic (exact) mass is 605 g/mol. The molecule has 0 unspecified atom stereocenters. The van der Waals surface area contributed by atoms with E-state index in [9.17, 15) is 19.2 Å². The molecule has 1 fully saturated rings. The van der Waals surface area contributed by atoms with Gasteiger partial charge in [-0.05, 0) is 37.8 Å². The Kier molecular flexibility index (Phi) is 10.6. The number of anilines is 1. The first-order valence-electron chi connectivity index (χ1n) is 13.9. The number of carbonyl (C=O) groups is 4. The molecular weight excluding hydrogens is 570 g/mol. The van der Waals surface area contributed by atoms with Crippen LogP contribution < -0.4 is 22.1 Å². The predicted octanol–water partition coefficient (Wildman–Crippen LogP) is 2.62. The van der Waals surface area contributed by atoms with Gasteiger partial charge in [0.1, 0.15) is 12.9 Å². The molecule has 1 aromatic heterocycles. The first-order chi connectivity index (χ1) is 20.7. The summed E-state index contributed by atoms with van der Waals surface area (Å²) in [6, 6.07) is 17.5. The number of nitrogens with zero attached hydrogens (tertiary/aromatic N) is 2. The Balaban J connectivity index is 1.36. The van der Waals surface area contributed by atoms with Gasteiger partial charge in [-0.1, -0.05) is 60.7 Å². The van der Waals surface area contributed by atoms with Crippen molar-refractivity contribution in [2.75, 3.05) is 18.8 Å². The summed E-state index contributed by atoms with van der Waals surface area (Å²) in [6.07, 6.45) is 1.03. The minimum atomic E-state index is -1.50. The van der Waals surface area contributed by atoms with Crippen molar-refractivity contribution in [3.8, 4) is 11.3 Å². The van der Waals surface area contributed by atoms with Crippen molar-refractivity contribution >= 4 is 46.5 Å². The first-order valence-corrected chi connectivity index (χ1v) is 14.7. The average Bonchev–Trinajstić information content (AvgIpc) is 3.66. The second kappa shape index (κ2) is 14.5. The number of Topliss-reactive ketones (excluding diaryl/α,β-unsaturated/α-hetero) is 1. The maximum Gasteiger partial charge on any atom is 0.416 e. The van der Waals surface area contributed by atoms with E-state index in [1.165, 1.54) is 11.3 Å². The van der Waals surface area contributed by atoms with E-state index >= 15 is 0 Å². The van der Waals surface area contributed by atoms with Crippen molar-refractivity contribution in [1.29, 1.82) is 5.41 Å². The Morgan fingerprint density at radius 1 is 1.16 bits per heavy atom. The topological polar surface area (TPSA) is 194 Å². The zero-order chi connectivity index (χ0) is 30.8. The fourth-order valence-corrected chi connectivity index (χ4v) is 5.81. The summed E-state index contributed by atoms with van der Waals surface area (Å²) < 4.78 is 5.26. The summed E-state index contributed by atoms with van der Waals surface area (Å²) in [6.45, 7) is 0.487. The van der Waals surface area contributed by atoms with Crippen LogP contribution in [0.4, 0.5) is 9.93 Å². The summed E-state index contributed by atoms with van der Waals surface area (Å²) in [5, 5.41) is 13.9. The summed E-state index contributed by atoms with van der Waals surface area (Å²) in [4.78, 5) is 57.7. The van der Waals surface area contributed by atoms with Crippen LogP contribution in [0.15, 0.2) is 60.7 Å². The first kappa shape index (κ1) is 31.3. The minimum Gasteiger partial charge on any atom is -0.444 e. The lowest BCUT2D eigenvalue weighted by atomic mass is 9.87. The van der Waals surface area contributed by atoms with E-state index in [-0.39, 0.29) is 44.6 Å². The highest BCUT2D eigenvalue weighted by molar-refractivity contribution is 7.16. The van der Waals surface area contributed by atoms with Crippen LogP contribution in [0.5, 0.6) is 0 Å². The largest absolute Gasteiger partial charge is 0.444 e. The molecule has 3 aromatic rings. The Morgan fingerprint density at radius 2 is 1.86 bits per heavy atom. The van der Waals surface area contributed by atoms with Crippen molar-refractivity contribution in [2.24, 2.45) is 5.73 Å². The van der Waals surface area contributed by atoms with Gasteiger partial charge in [0.25, 0.3) is 0 Å². The van der Waals surface area contributed by atoms with Gasteiger partial charge in [-0.3, -0.25) is 20.3 Å². The Bertz CT molecular complexity index is 1440. The van der Waals surface area contributed by atoms with Gasteiger partial charge in [-0.2, -0.15) is 0 Å². The lowest BCUT2D eigenvalue weighted by molar-refractivity contribution is -0.138. The number of amides is 2. The summed E-state index contributed by atoms with van der Waals surface area (Å²) >= 11 is 1.21. The van der Waals surface area contributed by atoms with Crippen LogP contribution in [0.1, 0.15) is 36.1 Å². The normalized spacial score (nSPS) is 16.7. The van der Waals surface area contributed by atoms with Crippen molar-refractivity contribution < 1.29 is 23.9 Å². The van der Waals surface area contributed by atoms with Gasteiger partial charge >= 0.3 is 6.09 Å². The zero-order valence-electron chi connectivity index (χ0n) is 23.6. The molecule has 4 rings (SSSR count). The quantitative estimate of drug-likeness (QED) is 0.0842. The Labute approximate surface area is 253 Å². The number of thiazole rings is 1. The highest BCUT2D eigenvalue weighted by atomic mass is 32.1. The number of nitrogen functional groups attached to an aromatic ring is 1. The number of aldehydes is 1. The van der Waals surface area contributed by atoms with Gasteiger partial charge in [0, 0.05) is 23.4 Å². The number of nitrogens with one attached hydrogen (secondary N) is 3. The second-order valence-corrected chi connectivity index (χ2v) is 11.3. The average molecular weight is 606 g/mol. The van der Waals surface area contributed by atoms with E-state index in [1.807, 2.05) is 48.5 Å². The third-order valence-corrected chi connectivity index (χ3v) is 8.08. The van der Waals surface area contributed by atoms with Gasteiger partial charge < -0.3 is 26.3 Å². The number of ether oxygens (including phenoxy) is 1. The minimum absolute atomic E-state index is 0.000549. The molecule has 7 N–H and O–H groups in total. The van der Waals surface area contributed by atoms with Crippen molar-refractivity contribution in [3.63, 3.8) is 0 Å². The van der Waals surface area contributed by atoms with E-state index in [0.717, 1.165) is 16.0 Å². The molecule has 2 aromatic carbocycles. The van der Waals surface area contributed by atoms with Gasteiger partial charge in [-0.15, -0.1) is 11.3 Å². The van der Waals surface area contributed by atoms with Crippen molar-refractivity contribution in [2.45, 2.75) is 50.3 Å². The molecule has 2 atom stereocenters. The molecule has 0 spiro atoms. The number of ketones is 1. The van der Waals surface area contributed by atoms with E-state index < -0.39 is 29.5 Å². The molecule has 1 aliphatic heterocycles. The molecular formula is C30H35N7O5S. The smallest absolute Gasteiger partial charge is 0.416 e. The lowest BCUT2D eigenvalue weighted by Gasteiger charge is -2.28. The number of nitrogens with two attached hydrogens (primary N) is 2. The molecule has 0 saturated carbocycles. The number of carbonyl (C=O) groups excluding carboxylic acids is 4. The van der Waals surface area contributed by atoms with Gasteiger partial charge in [0.15, 0.2) is 22.4 Å². The van der Waals surface area contributed by atoms with Gasteiger partial charge in [0.05, 0.1) is 11.7 Å². The maximum absolute atomic E-state index is 13.7. The number of rotatable bonds is 13. The van der Waals surface area contributed by atoms with Crippen molar-refractivity contribution in [1.82, 2.24) is 20.5 Å². The number of benzene rings is 2. The highest BCUT2D eigenvalue weighted by Crippen LogP contribution is 2.32. The van der Waals surface area contributed by atoms with Crippen LogP contribution >= 0.6 is 11.3 Å². The molecule has 2 amide bonds. The molecule has 12 nitrogen and oxygen atoms in total. The fraction of sp³-hybridized carbons (Fsp3) is 0.333. The molecule has 13 heteroatoms. The number of hydrogen-bond donors (Lipinski definition) is 5. The summed E-state index contributed by atoms with van der Waals surface area (Å²) in [5.74, 6) is -1.42. The van der Waals surface area contributed by atoms with E-state index in [4.69, 9.17) is 21.6 Å². The third kappa shape index (κ3) is 7.81. The Morgan fingerprint density at radius 3 is 2.49 bits per heavy atom. The van der Waals surface area contributed by atoms with E-state index in [2.05, 4.69) is 15.6 Å². The molecule has 2 heterocycles. The molecule has 0 radical (unpaired) electrons. The maximum atomic E-state index is 13.7. The molecule has 0 bridgehead atoms. The third-order valence-electron chi connectivity index (χ3n) is 7.20. The van der Waals surface area contributed by atoms with Crippen LogP contribution in [-0.2, 0) is 32.1 Å². The van der Waals surface area contributed by atoms with Crippen molar-refractivity contribution in [3.05, 3.63) is 71.1 Å². The van der Waals surface area contributed by atoms with E-state index in [1.54, 1.807) is 12.1 Å². The Hall–Kier alpha value is -4.62. The number of hydrogen-bond acceptors (Lipinski definition) is 10. The van der Waals surface area contributed by atoms with E-state index in [0.29, 0.717) is 35.0 Å². The molecule has 226 valence electrons. The van der Waals surface area contributed by atoms with Crippen LogP contribution in [0.25, 0.3) is 11.3 Å². The fourth-order valence-electron chi connectivity index (χ4n) is 4.95.